The lowest BCUT2D eigenvalue weighted by atomic mass is 9.87. The van der Waals surface area contributed by atoms with E-state index in [1.54, 1.807) is 29.2 Å². The van der Waals surface area contributed by atoms with Crippen LogP contribution in [0.5, 0.6) is 17.2 Å². The Labute approximate surface area is 234 Å². The number of nitrogens with one attached hydrogen (secondary N) is 1. The van der Waals surface area contributed by atoms with Gasteiger partial charge < -0.3 is 39.4 Å². The van der Waals surface area contributed by atoms with Gasteiger partial charge in [-0.3, -0.25) is 9.59 Å². The number of nitrogens with zero attached hydrogens (tertiary/aromatic N) is 1. The third-order valence-corrected chi connectivity index (χ3v) is 7.24. The van der Waals surface area contributed by atoms with E-state index in [1.165, 1.54) is 7.11 Å². The maximum Gasteiger partial charge on any atom is 0.247 e. The molecule has 11 heteroatoms. The average molecular weight is 638 g/mol. The van der Waals surface area contributed by atoms with Crippen LogP contribution in [0, 0.1) is 3.57 Å². The Morgan fingerprint density at radius 3 is 2.74 bits per heavy atom. The topological polar surface area (TPSA) is 127 Å². The first-order chi connectivity index (χ1) is 18.4. The van der Waals surface area contributed by atoms with E-state index in [-0.39, 0.29) is 57.8 Å². The van der Waals surface area contributed by atoms with Crippen molar-refractivity contribution in [1.29, 1.82) is 0 Å². The molecule has 3 unspecified atom stereocenters. The molecule has 0 aromatic heterocycles. The number of rotatable bonds is 11. The van der Waals surface area contributed by atoms with Crippen molar-refractivity contribution in [2.24, 2.45) is 0 Å². The second kappa shape index (κ2) is 13.3. The second-order valence-electron chi connectivity index (χ2n) is 8.90. The maximum absolute atomic E-state index is 13.4. The Kier molecular flexibility index (Phi) is 9.83. The van der Waals surface area contributed by atoms with E-state index >= 15 is 0 Å². The summed E-state index contributed by atoms with van der Waals surface area (Å²) < 4.78 is 23.0. The van der Waals surface area contributed by atoms with Crippen LogP contribution in [0.1, 0.15) is 18.4 Å². The minimum Gasteiger partial charge on any atom is -0.482 e. The highest BCUT2D eigenvalue weighted by Crippen LogP contribution is 2.34. The fourth-order valence-corrected chi connectivity index (χ4v) is 4.94. The Morgan fingerprint density at radius 2 is 1.97 bits per heavy atom. The summed E-state index contributed by atoms with van der Waals surface area (Å²) in [5, 5.41) is 23.4. The number of amides is 2. The van der Waals surface area contributed by atoms with Crippen molar-refractivity contribution < 1.29 is 38.7 Å². The minimum absolute atomic E-state index is 0.0825. The molecule has 1 aliphatic heterocycles. The zero-order chi connectivity index (χ0) is 27.1. The number of carbonyl (C=O) groups is 2. The molecule has 0 saturated carbocycles. The van der Waals surface area contributed by atoms with Gasteiger partial charge in [-0.1, -0.05) is 18.2 Å². The average Bonchev–Trinajstić information content (AvgIpc) is 3.39. The van der Waals surface area contributed by atoms with E-state index in [2.05, 4.69) is 27.9 Å². The summed E-state index contributed by atoms with van der Waals surface area (Å²) in [6.07, 6.45) is -0.222. The molecular weight excluding hydrogens is 607 g/mol. The molecule has 0 spiro atoms. The zero-order valence-electron chi connectivity index (χ0n) is 21.0. The van der Waals surface area contributed by atoms with Gasteiger partial charge in [0, 0.05) is 32.2 Å². The van der Waals surface area contributed by atoms with E-state index in [0.717, 1.165) is 9.13 Å². The van der Waals surface area contributed by atoms with Crippen LogP contribution in [-0.4, -0.2) is 78.8 Å². The first kappa shape index (κ1) is 28.1. The van der Waals surface area contributed by atoms with Crippen LogP contribution in [0.15, 0.2) is 54.1 Å². The van der Waals surface area contributed by atoms with E-state index in [1.807, 2.05) is 24.3 Å². The molecule has 38 heavy (non-hydrogen) atoms. The summed E-state index contributed by atoms with van der Waals surface area (Å²) in [6.45, 7) is 0.381. The Balaban J connectivity index is 1.66. The second-order valence-corrected chi connectivity index (χ2v) is 10.1. The van der Waals surface area contributed by atoms with Gasteiger partial charge in [0.15, 0.2) is 11.5 Å². The highest BCUT2D eigenvalue weighted by atomic mass is 127. The number of fused-ring (bicyclic) bond motifs is 1. The first-order valence-electron chi connectivity index (χ1n) is 12.3. The maximum atomic E-state index is 13.4. The third-order valence-electron chi connectivity index (χ3n) is 6.34. The molecule has 0 saturated heterocycles. The first-order valence-corrected chi connectivity index (χ1v) is 13.3. The lowest BCUT2D eigenvalue weighted by molar-refractivity contribution is -0.140. The van der Waals surface area contributed by atoms with Gasteiger partial charge in [-0.2, -0.15) is 0 Å². The number of para-hydroxylation sites is 1. The van der Waals surface area contributed by atoms with Crippen LogP contribution >= 0.6 is 22.6 Å². The van der Waals surface area contributed by atoms with Crippen molar-refractivity contribution in [3.05, 3.63) is 63.2 Å². The van der Waals surface area contributed by atoms with Crippen LogP contribution in [0.3, 0.4) is 0 Å². The number of hydrogen-bond donors (Lipinski definition) is 3. The van der Waals surface area contributed by atoms with Crippen molar-refractivity contribution in [3.8, 4) is 17.2 Å². The summed E-state index contributed by atoms with van der Waals surface area (Å²) in [6, 6.07) is 12.0. The number of aliphatic hydroxyl groups is 2. The third kappa shape index (κ3) is 6.76. The largest absolute Gasteiger partial charge is 0.482 e. The summed E-state index contributed by atoms with van der Waals surface area (Å²) in [5.41, 5.74) is 1.14. The monoisotopic (exact) mass is 638 g/mol. The normalized spacial score (nSPS) is 20.0. The van der Waals surface area contributed by atoms with Gasteiger partial charge in [0.2, 0.25) is 18.6 Å². The van der Waals surface area contributed by atoms with Crippen LogP contribution < -0.4 is 19.5 Å². The van der Waals surface area contributed by atoms with Gasteiger partial charge in [-0.15, -0.1) is 0 Å². The van der Waals surface area contributed by atoms with Crippen LogP contribution in [-0.2, 0) is 20.9 Å². The molecule has 3 N–H and O–H groups in total. The van der Waals surface area contributed by atoms with Gasteiger partial charge >= 0.3 is 0 Å². The highest BCUT2D eigenvalue weighted by molar-refractivity contribution is 14.1. The lowest BCUT2D eigenvalue weighted by Gasteiger charge is -2.40. The molecular formula is C27H31IN2O8. The summed E-state index contributed by atoms with van der Waals surface area (Å²) in [4.78, 5) is 27.9. The standard InChI is InChI=1S/C27H31IN2O8/c1-35-11-8-25(32)30(15-17-6-7-22-23(12-17)37-16-36-22)20-13-18(27(34)29-9-10-31)14-24(26(20)33)38-21-5-3-2-4-19(21)28/h2-7,12,14,20,24,26,31,33H,8-11,13,15-16H2,1H3,(H,29,34). The molecule has 0 radical (unpaired) electrons. The molecule has 4 rings (SSSR count). The van der Waals surface area contributed by atoms with Gasteiger partial charge in [-0.25, -0.2) is 0 Å². The molecule has 204 valence electrons. The molecule has 10 nitrogen and oxygen atoms in total. The quantitative estimate of drug-likeness (QED) is 0.320. The smallest absolute Gasteiger partial charge is 0.247 e. The molecule has 2 aliphatic rings. The molecule has 0 fully saturated rings. The molecule has 2 amide bonds. The van der Waals surface area contributed by atoms with E-state index in [9.17, 15) is 19.8 Å². The molecule has 0 bridgehead atoms. The Hall–Kier alpha value is -2.87. The lowest BCUT2D eigenvalue weighted by Crippen LogP contribution is -2.55. The van der Waals surface area contributed by atoms with Crippen molar-refractivity contribution in [2.45, 2.75) is 37.6 Å². The number of carbonyl (C=O) groups excluding carboxylic acids is 2. The molecule has 2 aromatic carbocycles. The number of hydrogen-bond acceptors (Lipinski definition) is 8. The van der Waals surface area contributed by atoms with Crippen LogP contribution in [0.4, 0.5) is 0 Å². The van der Waals surface area contributed by atoms with Crippen molar-refractivity contribution >= 4 is 34.4 Å². The zero-order valence-corrected chi connectivity index (χ0v) is 23.1. The predicted molar refractivity (Wildman–Crippen MR) is 146 cm³/mol. The van der Waals surface area contributed by atoms with E-state index in [0.29, 0.717) is 22.8 Å². The van der Waals surface area contributed by atoms with Crippen molar-refractivity contribution in [2.75, 3.05) is 33.7 Å². The molecule has 3 atom stereocenters. The highest BCUT2D eigenvalue weighted by Gasteiger charge is 2.40. The van der Waals surface area contributed by atoms with Crippen LogP contribution in [0.25, 0.3) is 0 Å². The summed E-state index contributed by atoms with van der Waals surface area (Å²) in [7, 11) is 1.52. The van der Waals surface area contributed by atoms with Gasteiger partial charge in [-0.05, 0) is 58.5 Å². The number of benzene rings is 2. The SMILES string of the molecule is COCCC(=O)N(Cc1ccc2c(c1)OCO2)C1CC(C(=O)NCCO)=CC(Oc2ccccc2I)C1O. The van der Waals surface area contributed by atoms with Gasteiger partial charge in [0.25, 0.3) is 0 Å². The molecule has 2 aromatic rings. The van der Waals surface area contributed by atoms with Crippen LogP contribution in [0.2, 0.25) is 0 Å². The van der Waals surface area contributed by atoms with Crippen molar-refractivity contribution in [1.82, 2.24) is 10.2 Å². The fourth-order valence-electron chi connectivity index (χ4n) is 4.43. The predicted octanol–water partition coefficient (Wildman–Crippen LogP) is 2.00. The van der Waals surface area contributed by atoms with Crippen molar-refractivity contribution in [3.63, 3.8) is 0 Å². The van der Waals surface area contributed by atoms with E-state index < -0.39 is 18.2 Å². The summed E-state index contributed by atoms with van der Waals surface area (Å²) >= 11 is 2.14. The molecule has 1 heterocycles. The van der Waals surface area contributed by atoms with Gasteiger partial charge in [0.05, 0.1) is 29.2 Å². The molecule has 1 aliphatic carbocycles. The summed E-state index contributed by atoms with van der Waals surface area (Å²) in [5.74, 6) is 1.13. The number of ether oxygens (including phenoxy) is 4. The number of methoxy groups -OCH3 is 1. The Bertz CT molecular complexity index is 1170. The van der Waals surface area contributed by atoms with E-state index in [4.69, 9.17) is 18.9 Å². The minimum atomic E-state index is -1.12. The Morgan fingerprint density at radius 1 is 1.18 bits per heavy atom. The number of aliphatic hydroxyl groups excluding tert-OH is 2. The van der Waals surface area contributed by atoms with Gasteiger partial charge in [0.1, 0.15) is 18.0 Å². The number of halogens is 1. The fraction of sp³-hybridized carbons (Fsp3) is 0.407.